The highest BCUT2D eigenvalue weighted by Crippen LogP contribution is 2.33. The smallest absolute Gasteiger partial charge is 0.225 e. The molecule has 0 spiro atoms. The molecule has 16 heavy (non-hydrogen) atoms. The first kappa shape index (κ1) is 9.90. The zero-order chi connectivity index (χ0) is 11.0. The molecule has 3 heterocycles. The van der Waals surface area contributed by atoms with Gasteiger partial charge in [0.15, 0.2) is 0 Å². The van der Waals surface area contributed by atoms with Gasteiger partial charge in [0, 0.05) is 12.1 Å². The molecular formula is C12H16N2O2. The Balaban J connectivity index is 1.54. The van der Waals surface area contributed by atoms with Crippen molar-refractivity contribution in [3.8, 4) is 0 Å². The Bertz CT molecular complexity index is 374. The minimum absolute atomic E-state index is 0.161. The fourth-order valence-corrected chi connectivity index (χ4v) is 2.83. The van der Waals surface area contributed by atoms with Gasteiger partial charge in [-0.25, -0.2) is 0 Å². The van der Waals surface area contributed by atoms with Crippen LogP contribution in [0.1, 0.15) is 25.0 Å². The number of hydrogen-bond acceptors (Lipinski definition) is 3. The maximum Gasteiger partial charge on any atom is 0.225 e. The van der Waals surface area contributed by atoms with Gasteiger partial charge < -0.3 is 15.1 Å². The van der Waals surface area contributed by atoms with Crippen LogP contribution in [0.15, 0.2) is 22.8 Å². The van der Waals surface area contributed by atoms with Gasteiger partial charge >= 0.3 is 0 Å². The van der Waals surface area contributed by atoms with Crippen molar-refractivity contribution >= 4 is 5.91 Å². The molecule has 1 amide bonds. The molecule has 1 aromatic heterocycles. The Hall–Kier alpha value is -1.29. The van der Waals surface area contributed by atoms with E-state index >= 15 is 0 Å². The van der Waals surface area contributed by atoms with Gasteiger partial charge in [-0.3, -0.25) is 4.79 Å². The van der Waals surface area contributed by atoms with Crippen LogP contribution in [0.5, 0.6) is 0 Å². The number of fused-ring (bicyclic) bond motifs is 2. The van der Waals surface area contributed by atoms with Crippen LogP contribution in [0.25, 0.3) is 0 Å². The standard InChI is InChI=1S/C12H16N2O2/c15-12(13-7-9-2-1-5-16-9)10-6-8-3-4-11(10)14-8/h1-2,5,8,10-11,14H,3-4,6-7H2,(H,13,15). The Morgan fingerprint density at radius 1 is 1.56 bits per heavy atom. The number of nitrogens with one attached hydrogen (secondary N) is 2. The maximum absolute atomic E-state index is 11.9. The highest BCUT2D eigenvalue weighted by molar-refractivity contribution is 5.80. The molecule has 2 N–H and O–H groups in total. The van der Waals surface area contributed by atoms with Crippen LogP contribution < -0.4 is 10.6 Å². The number of amides is 1. The predicted octanol–water partition coefficient (Wildman–Crippen LogP) is 1.04. The Morgan fingerprint density at radius 2 is 2.50 bits per heavy atom. The van der Waals surface area contributed by atoms with Gasteiger partial charge in [0.05, 0.1) is 18.7 Å². The van der Waals surface area contributed by atoms with Gasteiger partial charge in [-0.05, 0) is 31.4 Å². The van der Waals surface area contributed by atoms with Gasteiger partial charge in [-0.15, -0.1) is 0 Å². The average Bonchev–Trinajstić information content (AvgIpc) is 3.01. The normalized spacial score (nSPS) is 31.9. The summed E-state index contributed by atoms with van der Waals surface area (Å²) in [6.07, 6.45) is 4.99. The summed E-state index contributed by atoms with van der Waals surface area (Å²) in [6.45, 7) is 0.500. The second-order valence-corrected chi connectivity index (χ2v) is 4.69. The first-order valence-corrected chi connectivity index (χ1v) is 5.89. The number of carbonyl (C=O) groups excluding carboxylic acids is 1. The molecule has 2 bridgehead atoms. The van der Waals surface area contributed by atoms with Crippen LogP contribution in [0, 0.1) is 5.92 Å². The molecule has 2 fully saturated rings. The quantitative estimate of drug-likeness (QED) is 0.800. The Morgan fingerprint density at radius 3 is 3.12 bits per heavy atom. The second-order valence-electron chi connectivity index (χ2n) is 4.69. The van der Waals surface area contributed by atoms with Crippen LogP contribution in [-0.2, 0) is 11.3 Å². The number of furan rings is 1. The fourth-order valence-electron chi connectivity index (χ4n) is 2.83. The largest absolute Gasteiger partial charge is 0.467 e. The van der Waals surface area contributed by atoms with E-state index in [-0.39, 0.29) is 11.8 Å². The minimum Gasteiger partial charge on any atom is -0.467 e. The van der Waals surface area contributed by atoms with Gasteiger partial charge in [0.1, 0.15) is 5.76 Å². The third-order valence-corrected chi connectivity index (χ3v) is 3.65. The first-order chi connectivity index (χ1) is 7.83. The maximum atomic E-state index is 11.9. The molecule has 2 aliphatic rings. The number of hydrogen-bond donors (Lipinski definition) is 2. The van der Waals surface area contributed by atoms with Crippen molar-refractivity contribution in [1.82, 2.24) is 10.6 Å². The summed E-state index contributed by atoms with van der Waals surface area (Å²) >= 11 is 0. The summed E-state index contributed by atoms with van der Waals surface area (Å²) in [7, 11) is 0. The van der Waals surface area contributed by atoms with E-state index in [4.69, 9.17) is 4.42 Å². The lowest BCUT2D eigenvalue weighted by Crippen LogP contribution is -2.37. The Kier molecular flexibility index (Phi) is 2.44. The van der Waals surface area contributed by atoms with Crippen molar-refractivity contribution < 1.29 is 9.21 Å². The van der Waals surface area contributed by atoms with Gasteiger partial charge in [0.2, 0.25) is 5.91 Å². The van der Waals surface area contributed by atoms with Crippen molar-refractivity contribution in [2.45, 2.75) is 37.9 Å². The first-order valence-electron chi connectivity index (χ1n) is 5.89. The molecule has 4 heteroatoms. The summed E-state index contributed by atoms with van der Waals surface area (Å²) in [6, 6.07) is 4.69. The molecule has 0 aromatic carbocycles. The van der Waals surface area contributed by atoms with Crippen molar-refractivity contribution in [3.05, 3.63) is 24.2 Å². The van der Waals surface area contributed by atoms with Crippen LogP contribution in [-0.4, -0.2) is 18.0 Å². The summed E-state index contributed by atoms with van der Waals surface area (Å²) in [5, 5.41) is 6.41. The van der Waals surface area contributed by atoms with Crippen LogP contribution in [0.3, 0.4) is 0 Å². The summed E-state index contributed by atoms with van der Waals surface area (Å²) in [5.41, 5.74) is 0. The van der Waals surface area contributed by atoms with Crippen LogP contribution in [0.2, 0.25) is 0 Å². The molecule has 0 saturated carbocycles. The minimum atomic E-state index is 0.161. The summed E-state index contributed by atoms with van der Waals surface area (Å²) in [4.78, 5) is 11.9. The van der Waals surface area contributed by atoms with Crippen molar-refractivity contribution in [2.24, 2.45) is 5.92 Å². The lowest BCUT2D eigenvalue weighted by Gasteiger charge is -2.18. The summed E-state index contributed by atoms with van der Waals surface area (Å²) in [5.74, 6) is 1.13. The van der Waals surface area contributed by atoms with Gasteiger partial charge in [-0.1, -0.05) is 0 Å². The van der Waals surface area contributed by atoms with E-state index in [2.05, 4.69) is 10.6 Å². The van der Waals surface area contributed by atoms with E-state index in [0.717, 1.165) is 18.6 Å². The van der Waals surface area contributed by atoms with E-state index in [9.17, 15) is 4.79 Å². The molecule has 0 aliphatic carbocycles. The number of carbonyl (C=O) groups is 1. The molecular weight excluding hydrogens is 204 g/mol. The van der Waals surface area contributed by atoms with Crippen LogP contribution >= 0.6 is 0 Å². The van der Waals surface area contributed by atoms with E-state index in [1.807, 2.05) is 12.1 Å². The molecule has 86 valence electrons. The Labute approximate surface area is 94.4 Å². The summed E-state index contributed by atoms with van der Waals surface area (Å²) < 4.78 is 5.18. The molecule has 2 saturated heterocycles. The van der Waals surface area contributed by atoms with Crippen LogP contribution in [0.4, 0.5) is 0 Å². The average molecular weight is 220 g/mol. The van der Waals surface area contributed by atoms with Gasteiger partial charge in [0.25, 0.3) is 0 Å². The van der Waals surface area contributed by atoms with E-state index in [0.29, 0.717) is 18.6 Å². The molecule has 4 nitrogen and oxygen atoms in total. The van der Waals surface area contributed by atoms with Crippen molar-refractivity contribution in [3.63, 3.8) is 0 Å². The third kappa shape index (κ3) is 1.73. The SMILES string of the molecule is O=C(NCc1ccco1)C1CC2CCC1N2. The molecule has 2 aliphatic heterocycles. The van der Waals surface area contributed by atoms with E-state index < -0.39 is 0 Å². The predicted molar refractivity (Wildman–Crippen MR) is 58.6 cm³/mol. The molecule has 3 unspecified atom stereocenters. The third-order valence-electron chi connectivity index (χ3n) is 3.65. The zero-order valence-electron chi connectivity index (χ0n) is 9.11. The fraction of sp³-hybridized carbons (Fsp3) is 0.583. The lowest BCUT2D eigenvalue weighted by atomic mass is 9.88. The van der Waals surface area contributed by atoms with E-state index in [1.165, 1.54) is 6.42 Å². The highest BCUT2D eigenvalue weighted by atomic mass is 16.3. The van der Waals surface area contributed by atoms with Gasteiger partial charge in [-0.2, -0.15) is 0 Å². The molecule has 1 aromatic rings. The van der Waals surface area contributed by atoms with Crippen molar-refractivity contribution in [1.29, 1.82) is 0 Å². The zero-order valence-corrected chi connectivity index (χ0v) is 9.11. The molecule has 3 atom stereocenters. The monoisotopic (exact) mass is 220 g/mol. The lowest BCUT2D eigenvalue weighted by molar-refractivity contribution is -0.125. The highest BCUT2D eigenvalue weighted by Gasteiger charge is 2.42. The van der Waals surface area contributed by atoms with Crippen molar-refractivity contribution in [2.75, 3.05) is 0 Å². The topological polar surface area (TPSA) is 54.3 Å². The molecule has 3 rings (SSSR count). The second kappa shape index (κ2) is 3.94. The molecule has 0 radical (unpaired) electrons. The van der Waals surface area contributed by atoms with E-state index in [1.54, 1.807) is 6.26 Å². The number of rotatable bonds is 3.